The van der Waals surface area contributed by atoms with Gasteiger partial charge in [0.25, 0.3) is 0 Å². The highest BCUT2D eigenvalue weighted by atomic mass is 15.0. The van der Waals surface area contributed by atoms with Gasteiger partial charge in [-0.3, -0.25) is 0 Å². The molecule has 0 bridgehead atoms. The van der Waals surface area contributed by atoms with Crippen molar-refractivity contribution in [3.05, 3.63) is 23.9 Å². The zero-order chi connectivity index (χ0) is 9.80. The fourth-order valence-electron chi connectivity index (χ4n) is 1.37. The topological polar surface area (TPSA) is 60.7 Å². The first kappa shape index (κ1) is 8.97. The quantitative estimate of drug-likeness (QED) is 0.728. The van der Waals surface area contributed by atoms with Gasteiger partial charge in [0.05, 0.1) is 5.56 Å². The molecule has 0 spiro atoms. The Hall–Kier alpha value is -1.60. The summed E-state index contributed by atoms with van der Waals surface area (Å²) in [6, 6.07) is 5.66. The summed E-state index contributed by atoms with van der Waals surface area (Å²) in [6.07, 6.45) is 1.70. The molecule has 0 amide bonds. The lowest BCUT2D eigenvalue weighted by Gasteiger charge is -2.27. The van der Waals surface area contributed by atoms with Crippen molar-refractivity contribution in [2.45, 2.75) is 0 Å². The number of hydrogen-bond donors (Lipinski definition) is 2. The molecule has 14 heavy (non-hydrogen) atoms. The summed E-state index contributed by atoms with van der Waals surface area (Å²) < 4.78 is 0. The maximum atomic E-state index is 8.81. The van der Waals surface area contributed by atoms with E-state index in [0.717, 1.165) is 19.6 Å². The first-order valence-corrected chi connectivity index (χ1v) is 4.70. The van der Waals surface area contributed by atoms with Gasteiger partial charge < -0.3 is 10.6 Å². The van der Waals surface area contributed by atoms with Gasteiger partial charge >= 0.3 is 0 Å². The maximum Gasteiger partial charge on any atom is 0.143 e. The molecule has 1 aliphatic rings. The molecular weight excluding hydrogens is 176 g/mol. The Morgan fingerprint density at radius 3 is 3.14 bits per heavy atom. The number of aromatic nitrogens is 1. The van der Waals surface area contributed by atoms with E-state index >= 15 is 0 Å². The third-order valence-electron chi connectivity index (χ3n) is 2.35. The van der Waals surface area contributed by atoms with E-state index in [0.29, 0.717) is 17.3 Å². The minimum atomic E-state index is 0.611. The Balaban J connectivity index is 1.97. The van der Waals surface area contributed by atoms with E-state index in [1.54, 1.807) is 18.3 Å². The first-order chi connectivity index (χ1) is 6.90. The number of hydrogen-bond acceptors (Lipinski definition) is 4. The molecule has 1 saturated heterocycles. The van der Waals surface area contributed by atoms with E-state index in [1.807, 2.05) is 0 Å². The number of anilines is 1. The number of pyridine rings is 1. The van der Waals surface area contributed by atoms with Crippen LogP contribution in [0.25, 0.3) is 0 Å². The van der Waals surface area contributed by atoms with Gasteiger partial charge in [-0.05, 0) is 12.1 Å². The Morgan fingerprint density at radius 2 is 2.50 bits per heavy atom. The van der Waals surface area contributed by atoms with E-state index < -0.39 is 0 Å². The molecule has 2 N–H and O–H groups in total. The van der Waals surface area contributed by atoms with Gasteiger partial charge in [-0.2, -0.15) is 5.26 Å². The Labute approximate surface area is 83.0 Å². The van der Waals surface area contributed by atoms with Crippen molar-refractivity contribution >= 4 is 5.82 Å². The normalized spacial score (nSPS) is 15.6. The molecule has 0 aromatic carbocycles. The van der Waals surface area contributed by atoms with Gasteiger partial charge in [-0.25, -0.2) is 4.98 Å². The fraction of sp³-hybridized carbons (Fsp3) is 0.400. The summed E-state index contributed by atoms with van der Waals surface area (Å²) in [5.41, 5.74) is 0.611. The van der Waals surface area contributed by atoms with Gasteiger partial charge in [-0.15, -0.1) is 0 Å². The minimum Gasteiger partial charge on any atom is -0.369 e. The zero-order valence-corrected chi connectivity index (χ0v) is 7.83. The van der Waals surface area contributed by atoms with Crippen LogP contribution in [-0.2, 0) is 0 Å². The predicted molar refractivity (Wildman–Crippen MR) is 53.8 cm³/mol. The van der Waals surface area contributed by atoms with Crippen LogP contribution in [0.5, 0.6) is 0 Å². The number of rotatable bonds is 3. The Kier molecular flexibility index (Phi) is 2.61. The molecule has 1 fully saturated rings. The molecule has 0 unspecified atom stereocenters. The van der Waals surface area contributed by atoms with Gasteiger partial charge in [-0.1, -0.05) is 0 Å². The zero-order valence-electron chi connectivity index (χ0n) is 7.83. The molecule has 4 heteroatoms. The highest BCUT2D eigenvalue weighted by Crippen LogP contribution is 2.11. The fourth-order valence-corrected chi connectivity index (χ4v) is 1.37. The second-order valence-corrected chi connectivity index (χ2v) is 3.42. The molecule has 0 aliphatic carbocycles. The molecule has 72 valence electrons. The van der Waals surface area contributed by atoms with Crippen LogP contribution in [0.4, 0.5) is 5.82 Å². The largest absolute Gasteiger partial charge is 0.369 e. The third-order valence-corrected chi connectivity index (χ3v) is 2.35. The van der Waals surface area contributed by atoms with Crippen LogP contribution in [0.3, 0.4) is 0 Å². The van der Waals surface area contributed by atoms with Crippen molar-refractivity contribution in [1.82, 2.24) is 10.3 Å². The minimum absolute atomic E-state index is 0.611. The van der Waals surface area contributed by atoms with Crippen LogP contribution in [0, 0.1) is 17.2 Å². The predicted octanol–water partition coefficient (Wildman–Crippen LogP) is 0.585. The maximum absolute atomic E-state index is 8.81. The molecule has 4 nitrogen and oxygen atoms in total. The lowest BCUT2D eigenvalue weighted by atomic mass is 10.0. The van der Waals surface area contributed by atoms with Crippen molar-refractivity contribution in [2.24, 2.45) is 5.92 Å². The summed E-state index contributed by atoms with van der Waals surface area (Å²) in [5.74, 6) is 1.37. The summed E-state index contributed by atoms with van der Waals surface area (Å²) in [4.78, 5) is 4.13. The average molecular weight is 188 g/mol. The molecule has 2 rings (SSSR count). The highest BCUT2D eigenvalue weighted by molar-refractivity contribution is 5.51. The van der Waals surface area contributed by atoms with Crippen LogP contribution in [0.15, 0.2) is 18.3 Å². The standard InChI is InChI=1S/C10H12N4/c11-4-9-2-1-3-13-10(9)14-7-8-5-12-6-8/h1-3,8,12H,5-7H2,(H,13,14). The van der Waals surface area contributed by atoms with Crippen LogP contribution in [-0.4, -0.2) is 24.6 Å². The molecule has 1 aromatic rings. The smallest absolute Gasteiger partial charge is 0.143 e. The van der Waals surface area contributed by atoms with E-state index in [1.165, 1.54) is 0 Å². The molecule has 1 aliphatic heterocycles. The van der Waals surface area contributed by atoms with Gasteiger partial charge in [0.15, 0.2) is 0 Å². The van der Waals surface area contributed by atoms with Crippen molar-refractivity contribution in [3.8, 4) is 6.07 Å². The number of nitriles is 1. The molecule has 0 radical (unpaired) electrons. The molecular formula is C10H12N4. The summed E-state index contributed by atoms with van der Waals surface area (Å²) in [5, 5.41) is 15.2. The number of nitrogens with one attached hydrogen (secondary N) is 2. The lowest BCUT2D eigenvalue weighted by molar-refractivity contribution is 0.365. The second kappa shape index (κ2) is 4.07. The van der Waals surface area contributed by atoms with E-state index in [9.17, 15) is 0 Å². The summed E-state index contributed by atoms with van der Waals surface area (Å²) >= 11 is 0. The molecule has 0 saturated carbocycles. The molecule has 2 heterocycles. The summed E-state index contributed by atoms with van der Waals surface area (Å²) in [6.45, 7) is 3.00. The molecule has 0 atom stereocenters. The lowest BCUT2D eigenvalue weighted by Crippen LogP contribution is -2.45. The Bertz CT molecular complexity index is 351. The van der Waals surface area contributed by atoms with Crippen molar-refractivity contribution in [3.63, 3.8) is 0 Å². The van der Waals surface area contributed by atoms with Gasteiger partial charge in [0, 0.05) is 31.7 Å². The number of nitrogens with zero attached hydrogens (tertiary/aromatic N) is 2. The van der Waals surface area contributed by atoms with Crippen molar-refractivity contribution in [1.29, 1.82) is 5.26 Å². The Morgan fingerprint density at radius 1 is 1.64 bits per heavy atom. The first-order valence-electron chi connectivity index (χ1n) is 4.70. The average Bonchev–Trinajstić information content (AvgIpc) is 2.16. The van der Waals surface area contributed by atoms with Crippen molar-refractivity contribution in [2.75, 3.05) is 25.0 Å². The van der Waals surface area contributed by atoms with Crippen LogP contribution >= 0.6 is 0 Å². The summed E-state index contributed by atoms with van der Waals surface area (Å²) in [7, 11) is 0. The van der Waals surface area contributed by atoms with Crippen LogP contribution in [0.2, 0.25) is 0 Å². The SMILES string of the molecule is N#Cc1cccnc1NCC1CNC1. The van der Waals surface area contributed by atoms with E-state index in [-0.39, 0.29) is 0 Å². The van der Waals surface area contributed by atoms with Gasteiger partial charge in [0.1, 0.15) is 11.9 Å². The van der Waals surface area contributed by atoms with Crippen LogP contribution < -0.4 is 10.6 Å². The van der Waals surface area contributed by atoms with E-state index in [2.05, 4.69) is 21.7 Å². The third kappa shape index (κ3) is 1.83. The van der Waals surface area contributed by atoms with Gasteiger partial charge in [0.2, 0.25) is 0 Å². The van der Waals surface area contributed by atoms with E-state index in [4.69, 9.17) is 5.26 Å². The second-order valence-electron chi connectivity index (χ2n) is 3.42. The van der Waals surface area contributed by atoms with Crippen LogP contribution in [0.1, 0.15) is 5.56 Å². The molecule has 1 aromatic heterocycles. The van der Waals surface area contributed by atoms with Crippen molar-refractivity contribution < 1.29 is 0 Å². The monoisotopic (exact) mass is 188 g/mol. The highest BCUT2D eigenvalue weighted by Gasteiger charge is 2.16.